The van der Waals surface area contributed by atoms with Crippen molar-refractivity contribution in [3.05, 3.63) is 52.5 Å². The number of esters is 2. The van der Waals surface area contributed by atoms with Crippen LogP contribution in [0.3, 0.4) is 0 Å². The molecule has 0 saturated heterocycles. The molecule has 2 atom stereocenters. The fraction of sp³-hybridized carbons (Fsp3) is 0.286. The van der Waals surface area contributed by atoms with E-state index in [1.54, 1.807) is 13.0 Å². The molecule has 0 fully saturated rings. The van der Waals surface area contributed by atoms with Crippen LogP contribution in [0.4, 0.5) is 11.4 Å². The molecule has 9 heteroatoms. The molecule has 2 aromatic rings. The van der Waals surface area contributed by atoms with Gasteiger partial charge in [-0.25, -0.2) is 0 Å². The summed E-state index contributed by atoms with van der Waals surface area (Å²) in [4.78, 5) is 26.6. The van der Waals surface area contributed by atoms with E-state index in [0.717, 1.165) is 11.4 Å². The van der Waals surface area contributed by atoms with Crippen molar-refractivity contribution in [1.82, 2.24) is 5.32 Å². The lowest BCUT2D eigenvalue weighted by Gasteiger charge is -2.30. The summed E-state index contributed by atoms with van der Waals surface area (Å²) < 4.78 is 11.3. The highest BCUT2D eigenvalue weighted by atomic mass is 79.9. The maximum Gasteiger partial charge on any atom is 0.315 e. The van der Waals surface area contributed by atoms with E-state index in [0.29, 0.717) is 22.3 Å². The maximum absolute atomic E-state index is 13.0. The van der Waals surface area contributed by atoms with E-state index >= 15 is 0 Å². The molecule has 2 aromatic carbocycles. The van der Waals surface area contributed by atoms with E-state index in [1.807, 2.05) is 41.3 Å². The van der Waals surface area contributed by atoms with Crippen molar-refractivity contribution in [2.45, 2.75) is 25.8 Å². The smallest absolute Gasteiger partial charge is 0.315 e. The van der Waals surface area contributed by atoms with Crippen LogP contribution in [0, 0.1) is 0 Å². The Balaban J connectivity index is 2.18. The second-order valence-corrected chi connectivity index (χ2v) is 7.98. The first-order valence-corrected chi connectivity index (χ1v) is 10.6. The first kappa shape index (κ1) is 22.0. The molecule has 0 saturated carbocycles. The number of ether oxygens (including phenoxy) is 2. The van der Waals surface area contributed by atoms with Crippen LogP contribution >= 0.6 is 28.1 Å². The Kier molecular flexibility index (Phi) is 6.94. The Morgan fingerprint density at radius 1 is 1.27 bits per heavy atom. The molecular weight excluding hydrogens is 470 g/mol. The van der Waals surface area contributed by atoms with Gasteiger partial charge in [-0.3, -0.25) is 9.59 Å². The highest BCUT2D eigenvalue weighted by molar-refractivity contribution is 9.10. The molecule has 0 aromatic heterocycles. The van der Waals surface area contributed by atoms with Gasteiger partial charge in [0.25, 0.3) is 0 Å². The predicted octanol–water partition coefficient (Wildman–Crippen LogP) is 3.37. The number of halogens is 1. The van der Waals surface area contributed by atoms with Crippen LogP contribution in [0.25, 0.3) is 0 Å². The fourth-order valence-electron chi connectivity index (χ4n) is 3.63. The van der Waals surface area contributed by atoms with Gasteiger partial charge in [0, 0.05) is 24.8 Å². The van der Waals surface area contributed by atoms with Crippen LogP contribution in [0.2, 0.25) is 0 Å². The number of hydrogen-bond acceptors (Lipinski definition) is 6. The fourth-order valence-corrected chi connectivity index (χ4v) is 4.13. The standard InChI is InChI=1S/C21H22BrN3O4S/c1-3-28-20(27)19-14-9-18(29-12(2)26)15(22)10-16(14)25(13-7-5-4-6-8-13)17(19)11-24-21(23)30/h4-10,17,19H,3,11H2,1-2H3,(H3,23,24,30). The van der Waals surface area contributed by atoms with Gasteiger partial charge >= 0.3 is 11.9 Å². The minimum absolute atomic E-state index is 0.142. The monoisotopic (exact) mass is 491 g/mol. The van der Waals surface area contributed by atoms with Crippen molar-refractivity contribution in [2.24, 2.45) is 5.73 Å². The van der Waals surface area contributed by atoms with E-state index in [2.05, 4.69) is 21.2 Å². The minimum atomic E-state index is -0.635. The van der Waals surface area contributed by atoms with Crippen LogP contribution in [0.1, 0.15) is 25.3 Å². The molecule has 158 valence electrons. The summed E-state index contributed by atoms with van der Waals surface area (Å²) in [6.07, 6.45) is 0. The zero-order valence-electron chi connectivity index (χ0n) is 16.6. The van der Waals surface area contributed by atoms with Crippen LogP contribution < -0.4 is 20.7 Å². The van der Waals surface area contributed by atoms with Gasteiger partial charge in [-0.1, -0.05) is 18.2 Å². The Labute approximate surface area is 188 Å². The number of carbonyl (C=O) groups is 2. The van der Waals surface area contributed by atoms with E-state index in [-0.39, 0.29) is 23.7 Å². The number of para-hydroxylation sites is 1. The van der Waals surface area contributed by atoms with Gasteiger partial charge in [0.05, 0.1) is 17.1 Å². The summed E-state index contributed by atoms with van der Waals surface area (Å²) >= 11 is 8.46. The normalized spacial score (nSPS) is 17.2. The molecule has 1 aliphatic rings. The van der Waals surface area contributed by atoms with Crippen molar-refractivity contribution < 1.29 is 19.1 Å². The Morgan fingerprint density at radius 2 is 1.97 bits per heavy atom. The number of nitrogens with two attached hydrogens (primary N) is 1. The van der Waals surface area contributed by atoms with Crippen molar-refractivity contribution >= 4 is 56.6 Å². The van der Waals surface area contributed by atoms with E-state index in [4.69, 9.17) is 27.4 Å². The lowest BCUT2D eigenvalue weighted by molar-refractivity contribution is -0.145. The van der Waals surface area contributed by atoms with Crippen LogP contribution in [-0.2, 0) is 14.3 Å². The lowest BCUT2D eigenvalue weighted by Crippen LogP contribution is -2.45. The largest absolute Gasteiger partial charge is 0.465 e. The molecule has 3 rings (SSSR count). The predicted molar refractivity (Wildman–Crippen MR) is 122 cm³/mol. The molecule has 0 aliphatic carbocycles. The summed E-state index contributed by atoms with van der Waals surface area (Å²) in [5, 5.41) is 3.12. The van der Waals surface area contributed by atoms with Gasteiger partial charge in [0.15, 0.2) is 5.11 Å². The molecule has 3 N–H and O–H groups in total. The number of nitrogens with one attached hydrogen (secondary N) is 1. The van der Waals surface area contributed by atoms with Crippen molar-refractivity contribution in [2.75, 3.05) is 18.1 Å². The maximum atomic E-state index is 13.0. The second-order valence-electron chi connectivity index (χ2n) is 6.68. The third-order valence-corrected chi connectivity index (χ3v) is 5.47. The third kappa shape index (κ3) is 4.57. The first-order chi connectivity index (χ1) is 14.3. The lowest BCUT2D eigenvalue weighted by atomic mass is 9.94. The number of fused-ring (bicyclic) bond motifs is 1. The highest BCUT2D eigenvalue weighted by Crippen LogP contribution is 2.49. The average molecular weight is 492 g/mol. The number of nitrogens with zero attached hydrogens (tertiary/aromatic N) is 1. The molecule has 2 unspecified atom stereocenters. The highest BCUT2D eigenvalue weighted by Gasteiger charge is 2.45. The number of rotatable bonds is 6. The van der Waals surface area contributed by atoms with Crippen molar-refractivity contribution in [3.63, 3.8) is 0 Å². The summed E-state index contributed by atoms with van der Waals surface area (Å²) in [5.74, 6) is -1.12. The van der Waals surface area contributed by atoms with Gasteiger partial charge in [-0.15, -0.1) is 0 Å². The van der Waals surface area contributed by atoms with E-state index in [1.165, 1.54) is 6.92 Å². The summed E-state index contributed by atoms with van der Waals surface area (Å²) in [6, 6.07) is 12.9. The molecule has 30 heavy (non-hydrogen) atoms. The number of carbonyl (C=O) groups excluding carboxylic acids is 2. The average Bonchev–Trinajstić information content (AvgIpc) is 3.00. The third-order valence-electron chi connectivity index (χ3n) is 4.71. The SMILES string of the molecule is CCOC(=O)C1c2cc(OC(C)=O)c(Br)cc2N(c2ccccc2)C1CNC(N)=S. The van der Waals surface area contributed by atoms with Gasteiger partial charge in [0.1, 0.15) is 11.7 Å². The van der Waals surface area contributed by atoms with Gasteiger partial charge < -0.3 is 25.4 Å². The molecule has 1 aliphatic heterocycles. The summed E-state index contributed by atoms with van der Waals surface area (Å²) in [6.45, 7) is 3.66. The summed E-state index contributed by atoms with van der Waals surface area (Å²) in [7, 11) is 0. The zero-order chi connectivity index (χ0) is 21.8. The van der Waals surface area contributed by atoms with Gasteiger partial charge in [0.2, 0.25) is 0 Å². The zero-order valence-corrected chi connectivity index (χ0v) is 19.0. The molecule has 1 heterocycles. The van der Waals surface area contributed by atoms with E-state index in [9.17, 15) is 9.59 Å². The number of anilines is 2. The Bertz CT molecular complexity index is 970. The molecule has 0 radical (unpaired) electrons. The van der Waals surface area contributed by atoms with Crippen molar-refractivity contribution in [3.8, 4) is 5.75 Å². The van der Waals surface area contributed by atoms with Gasteiger partial charge in [-0.2, -0.15) is 0 Å². The molecule has 0 spiro atoms. The quantitative estimate of drug-likeness (QED) is 0.360. The van der Waals surface area contributed by atoms with Crippen molar-refractivity contribution in [1.29, 1.82) is 0 Å². The minimum Gasteiger partial charge on any atom is -0.465 e. The Hall–Kier alpha value is -2.65. The second kappa shape index (κ2) is 9.44. The molecule has 0 amide bonds. The summed E-state index contributed by atoms with van der Waals surface area (Å²) in [5.41, 5.74) is 8.06. The number of benzene rings is 2. The van der Waals surface area contributed by atoms with Gasteiger partial charge in [-0.05, 0) is 64.9 Å². The Morgan fingerprint density at radius 3 is 2.57 bits per heavy atom. The van der Waals surface area contributed by atoms with Crippen LogP contribution in [0.15, 0.2) is 46.9 Å². The number of thiocarbonyl (C=S) groups is 1. The van der Waals surface area contributed by atoms with Crippen LogP contribution in [-0.4, -0.2) is 36.2 Å². The molecular formula is C21H22BrN3O4S. The van der Waals surface area contributed by atoms with Crippen LogP contribution in [0.5, 0.6) is 5.75 Å². The number of hydrogen-bond donors (Lipinski definition) is 2. The molecule has 0 bridgehead atoms. The molecule has 7 nitrogen and oxygen atoms in total. The first-order valence-electron chi connectivity index (χ1n) is 9.39. The van der Waals surface area contributed by atoms with E-state index < -0.39 is 11.9 Å². The topological polar surface area (TPSA) is 93.9 Å².